The molecule has 0 fully saturated rings. The van der Waals surface area contributed by atoms with Gasteiger partial charge in [0.25, 0.3) is 5.91 Å². The molecule has 1 amide bonds. The van der Waals surface area contributed by atoms with Crippen LogP contribution >= 0.6 is 0 Å². The normalized spacial score (nSPS) is 10.6. The first-order chi connectivity index (χ1) is 12.8. The summed E-state index contributed by atoms with van der Waals surface area (Å²) < 4.78 is 6.90. The lowest BCUT2D eigenvalue weighted by Gasteiger charge is -2.04. The van der Waals surface area contributed by atoms with E-state index in [0.717, 1.165) is 5.56 Å². The predicted octanol–water partition coefficient (Wildman–Crippen LogP) is 1.64. The fourth-order valence-corrected chi connectivity index (χ4v) is 2.27. The number of imidazole rings is 1. The van der Waals surface area contributed by atoms with Gasteiger partial charge < -0.3 is 9.84 Å². The lowest BCUT2D eigenvalue weighted by atomic mass is 10.2. The molecule has 0 aliphatic heterocycles. The first kappa shape index (κ1) is 15.6. The van der Waals surface area contributed by atoms with E-state index in [1.165, 1.54) is 6.20 Å². The van der Waals surface area contributed by atoms with E-state index in [1.54, 1.807) is 59.9 Å². The molecular formula is C17H13N7O2. The molecule has 0 saturated carbocycles. The monoisotopic (exact) mass is 347 g/mol. The van der Waals surface area contributed by atoms with Gasteiger partial charge in [-0.25, -0.2) is 9.97 Å². The van der Waals surface area contributed by atoms with Crippen LogP contribution < -0.4 is 5.32 Å². The summed E-state index contributed by atoms with van der Waals surface area (Å²) in [4.78, 5) is 28.6. The van der Waals surface area contributed by atoms with Crippen LogP contribution in [-0.2, 0) is 6.54 Å². The molecule has 0 atom stereocenters. The smallest absolute Gasteiger partial charge is 0.253 e. The van der Waals surface area contributed by atoms with Crippen molar-refractivity contribution in [1.82, 2.24) is 35.0 Å². The largest absolute Gasteiger partial charge is 0.343 e. The van der Waals surface area contributed by atoms with Crippen molar-refractivity contribution >= 4 is 5.91 Å². The second-order valence-electron chi connectivity index (χ2n) is 5.31. The van der Waals surface area contributed by atoms with Crippen molar-refractivity contribution in [2.24, 2.45) is 0 Å². The molecule has 1 N–H and O–H groups in total. The Balaban J connectivity index is 1.39. The van der Waals surface area contributed by atoms with Gasteiger partial charge in [-0.1, -0.05) is 5.16 Å². The number of carbonyl (C=O) groups is 1. The fraction of sp³-hybridized carbons (Fsp3) is 0.0588. The number of hydrogen-bond acceptors (Lipinski definition) is 7. The van der Waals surface area contributed by atoms with E-state index < -0.39 is 0 Å². The molecule has 0 aliphatic rings. The van der Waals surface area contributed by atoms with Gasteiger partial charge in [-0.05, 0) is 24.3 Å². The molecule has 128 valence electrons. The highest BCUT2D eigenvalue weighted by atomic mass is 16.5. The van der Waals surface area contributed by atoms with E-state index >= 15 is 0 Å². The van der Waals surface area contributed by atoms with Crippen LogP contribution in [0.1, 0.15) is 16.2 Å². The van der Waals surface area contributed by atoms with Crippen LogP contribution in [0.25, 0.3) is 17.2 Å². The molecule has 0 aromatic carbocycles. The maximum atomic E-state index is 12.2. The van der Waals surface area contributed by atoms with Crippen molar-refractivity contribution in [2.45, 2.75) is 6.54 Å². The maximum Gasteiger partial charge on any atom is 0.253 e. The fourth-order valence-electron chi connectivity index (χ4n) is 2.27. The molecule has 9 nitrogen and oxygen atoms in total. The van der Waals surface area contributed by atoms with E-state index in [2.05, 4.69) is 30.4 Å². The quantitative estimate of drug-likeness (QED) is 0.584. The summed E-state index contributed by atoms with van der Waals surface area (Å²) in [6, 6.07) is 6.99. The van der Waals surface area contributed by atoms with E-state index in [-0.39, 0.29) is 12.5 Å². The Bertz CT molecular complexity index is 995. The Morgan fingerprint density at radius 2 is 2.00 bits per heavy atom. The Kier molecular flexibility index (Phi) is 4.17. The second-order valence-corrected chi connectivity index (χ2v) is 5.31. The zero-order valence-electron chi connectivity index (χ0n) is 13.5. The minimum Gasteiger partial charge on any atom is -0.343 e. The first-order valence-corrected chi connectivity index (χ1v) is 7.75. The number of pyridine rings is 2. The van der Waals surface area contributed by atoms with Crippen LogP contribution in [0.15, 0.2) is 66.1 Å². The summed E-state index contributed by atoms with van der Waals surface area (Å²) in [6.45, 7) is 0.125. The number of nitrogens with zero attached hydrogens (tertiary/aromatic N) is 6. The number of amides is 1. The van der Waals surface area contributed by atoms with E-state index in [9.17, 15) is 4.79 Å². The molecule has 0 saturated heterocycles. The molecule has 0 bridgehead atoms. The molecule has 0 unspecified atom stereocenters. The predicted molar refractivity (Wildman–Crippen MR) is 90.1 cm³/mol. The second kappa shape index (κ2) is 6.93. The summed E-state index contributed by atoms with van der Waals surface area (Å²) in [6.07, 6.45) is 9.87. The summed E-state index contributed by atoms with van der Waals surface area (Å²) in [5.74, 6) is 1.16. The van der Waals surface area contributed by atoms with Crippen LogP contribution in [0.5, 0.6) is 0 Å². The molecule has 4 aromatic rings. The van der Waals surface area contributed by atoms with Crippen LogP contribution in [-0.4, -0.2) is 35.6 Å². The third-order valence-corrected chi connectivity index (χ3v) is 3.59. The number of rotatable bonds is 5. The average molecular weight is 347 g/mol. The Hall–Kier alpha value is -3.88. The highest BCUT2D eigenvalue weighted by Crippen LogP contribution is 2.14. The van der Waals surface area contributed by atoms with Crippen molar-refractivity contribution in [3.05, 3.63) is 73.0 Å². The van der Waals surface area contributed by atoms with Crippen LogP contribution in [0.4, 0.5) is 0 Å². The minimum atomic E-state index is -0.279. The topological polar surface area (TPSA) is 112 Å². The molecule has 4 heterocycles. The van der Waals surface area contributed by atoms with Gasteiger partial charge in [0.15, 0.2) is 0 Å². The van der Waals surface area contributed by atoms with Gasteiger partial charge in [-0.3, -0.25) is 14.3 Å². The van der Waals surface area contributed by atoms with Crippen molar-refractivity contribution in [3.8, 4) is 17.2 Å². The standard InChI is InChI=1S/C17H13N7O2/c25-17(13-1-2-14(20-9-13)24-8-7-19-11-24)21-10-15-22-16(23-26-15)12-3-5-18-6-4-12/h1-9,11H,10H2,(H,21,25). The molecule has 4 aromatic heterocycles. The van der Waals surface area contributed by atoms with E-state index in [0.29, 0.717) is 23.1 Å². The summed E-state index contributed by atoms with van der Waals surface area (Å²) in [5.41, 5.74) is 1.23. The van der Waals surface area contributed by atoms with E-state index in [1.807, 2.05) is 0 Å². The number of aromatic nitrogens is 6. The molecule has 9 heteroatoms. The van der Waals surface area contributed by atoms with E-state index in [4.69, 9.17) is 4.52 Å². The van der Waals surface area contributed by atoms with Crippen molar-refractivity contribution in [3.63, 3.8) is 0 Å². The zero-order chi connectivity index (χ0) is 17.8. The van der Waals surface area contributed by atoms with Crippen molar-refractivity contribution in [1.29, 1.82) is 0 Å². The van der Waals surface area contributed by atoms with Gasteiger partial charge in [0.1, 0.15) is 12.1 Å². The van der Waals surface area contributed by atoms with Crippen LogP contribution in [0, 0.1) is 0 Å². The molecule has 0 spiro atoms. The third kappa shape index (κ3) is 3.31. The minimum absolute atomic E-state index is 0.125. The van der Waals surface area contributed by atoms with Gasteiger partial charge in [-0.15, -0.1) is 0 Å². The SMILES string of the molecule is O=C(NCc1nc(-c2ccncc2)no1)c1ccc(-n2ccnc2)nc1. The Morgan fingerprint density at radius 3 is 2.73 bits per heavy atom. The molecule has 4 rings (SSSR count). The molecule has 0 aliphatic carbocycles. The number of hydrogen-bond donors (Lipinski definition) is 1. The Morgan fingerprint density at radius 1 is 1.12 bits per heavy atom. The molecule has 0 radical (unpaired) electrons. The third-order valence-electron chi connectivity index (χ3n) is 3.59. The van der Waals surface area contributed by atoms with Crippen LogP contribution in [0.2, 0.25) is 0 Å². The lowest BCUT2D eigenvalue weighted by molar-refractivity contribution is 0.0946. The maximum absolute atomic E-state index is 12.2. The van der Waals surface area contributed by atoms with Crippen LogP contribution in [0.3, 0.4) is 0 Å². The van der Waals surface area contributed by atoms with Crippen molar-refractivity contribution in [2.75, 3.05) is 0 Å². The summed E-state index contributed by atoms with van der Waals surface area (Å²) in [5, 5.41) is 6.62. The lowest BCUT2D eigenvalue weighted by Crippen LogP contribution is -2.23. The number of carbonyl (C=O) groups excluding carboxylic acids is 1. The zero-order valence-corrected chi connectivity index (χ0v) is 13.5. The number of nitrogens with one attached hydrogen (secondary N) is 1. The van der Waals surface area contributed by atoms with Gasteiger partial charge in [0.05, 0.1) is 12.1 Å². The summed E-state index contributed by atoms with van der Waals surface area (Å²) >= 11 is 0. The van der Waals surface area contributed by atoms with Gasteiger partial charge in [-0.2, -0.15) is 4.98 Å². The average Bonchev–Trinajstić information content (AvgIpc) is 3.39. The van der Waals surface area contributed by atoms with Gasteiger partial charge in [0.2, 0.25) is 11.7 Å². The Labute approximate surface area is 147 Å². The molecular weight excluding hydrogens is 334 g/mol. The van der Waals surface area contributed by atoms with Crippen molar-refractivity contribution < 1.29 is 9.32 Å². The van der Waals surface area contributed by atoms with Gasteiger partial charge >= 0.3 is 0 Å². The first-order valence-electron chi connectivity index (χ1n) is 7.75. The highest BCUT2D eigenvalue weighted by molar-refractivity contribution is 5.93. The summed E-state index contributed by atoms with van der Waals surface area (Å²) in [7, 11) is 0. The highest BCUT2D eigenvalue weighted by Gasteiger charge is 2.11. The van der Waals surface area contributed by atoms with Gasteiger partial charge in [0, 0.05) is 36.5 Å². The molecule has 26 heavy (non-hydrogen) atoms.